The van der Waals surface area contributed by atoms with Crippen molar-refractivity contribution in [2.24, 2.45) is 5.73 Å². The molecular weight excluding hydrogens is 220 g/mol. The van der Waals surface area contributed by atoms with Crippen molar-refractivity contribution >= 4 is 17.2 Å². The van der Waals surface area contributed by atoms with Gasteiger partial charge in [0.2, 0.25) is 5.91 Å². The Hall–Kier alpha value is -0.870. The molecule has 1 unspecified atom stereocenters. The molecule has 0 radical (unpaired) electrons. The van der Waals surface area contributed by atoms with Gasteiger partial charge < -0.3 is 11.1 Å². The van der Waals surface area contributed by atoms with Crippen LogP contribution in [0.3, 0.4) is 0 Å². The number of hydrogen-bond donors (Lipinski definition) is 2. The zero-order chi connectivity index (χ0) is 12.1. The minimum absolute atomic E-state index is 0.0844. The highest BCUT2D eigenvalue weighted by molar-refractivity contribution is 7.12. The first-order valence-electron chi connectivity index (χ1n) is 5.61. The topological polar surface area (TPSA) is 55.1 Å². The zero-order valence-corrected chi connectivity index (χ0v) is 11.0. The summed E-state index contributed by atoms with van der Waals surface area (Å²) in [6.07, 6.45) is 1.27. The maximum atomic E-state index is 11.5. The number of carbonyl (C=O) groups is 1. The number of rotatable bonds is 5. The normalized spacial score (nSPS) is 12.5. The molecule has 90 valence electrons. The lowest BCUT2D eigenvalue weighted by atomic mass is 10.1. The zero-order valence-electron chi connectivity index (χ0n) is 10.2. The molecule has 1 amide bonds. The van der Waals surface area contributed by atoms with Gasteiger partial charge in [0.15, 0.2) is 0 Å². The Bertz CT molecular complexity index is 360. The minimum atomic E-state index is 0.0844. The molecular formula is C12H20N2OS. The molecule has 1 atom stereocenters. The van der Waals surface area contributed by atoms with E-state index in [0.29, 0.717) is 13.0 Å². The highest BCUT2D eigenvalue weighted by atomic mass is 32.1. The number of nitrogens with one attached hydrogen (secondary N) is 1. The Morgan fingerprint density at radius 1 is 1.56 bits per heavy atom. The first-order chi connectivity index (χ1) is 7.54. The van der Waals surface area contributed by atoms with E-state index < -0.39 is 0 Å². The van der Waals surface area contributed by atoms with Crippen LogP contribution in [0.4, 0.5) is 0 Å². The van der Waals surface area contributed by atoms with Crippen LogP contribution in [0.15, 0.2) is 6.07 Å². The molecule has 1 aromatic rings. The highest BCUT2D eigenvalue weighted by Crippen LogP contribution is 2.26. The monoisotopic (exact) mass is 240 g/mol. The third-order valence-corrected chi connectivity index (χ3v) is 3.51. The van der Waals surface area contributed by atoms with Gasteiger partial charge in [-0.1, -0.05) is 0 Å². The molecule has 3 N–H and O–H groups in total. The molecule has 0 aliphatic heterocycles. The van der Waals surface area contributed by atoms with Gasteiger partial charge in [0, 0.05) is 16.2 Å². The van der Waals surface area contributed by atoms with Gasteiger partial charge in [0.25, 0.3) is 0 Å². The maximum Gasteiger partial charge on any atom is 0.220 e. The lowest BCUT2D eigenvalue weighted by Gasteiger charge is -2.13. The van der Waals surface area contributed by atoms with Gasteiger partial charge in [-0.15, -0.1) is 11.3 Å². The molecule has 0 spiro atoms. The van der Waals surface area contributed by atoms with E-state index in [0.717, 1.165) is 6.42 Å². The molecule has 0 saturated heterocycles. The van der Waals surface area contributed by atoms with Gasteiger partial charge in [-0.25, -0.2) is 0 Å². The second-order valence-corrected chi connectivity index (χ2v) is 5.51. The SMILES string of the molecule is Cc1cc(C(C)NC(=O)CCCN)c(C)s1. The number of aryl methyl sites for hydroxylation is 2. The van der Waals surface area contributed by atoms with Crippen molar-refractivity contribution in [2.45, 2.75) is 39.7 Å². The van der Waals surface area contributed by atoms with Crippen LogP contribution in [0, 0.1) is 13.8 Å². The molecule has 0 fully saturated rings. The standard InChI is InChI=1S/C12H20N2OS/c1-8-7-11(10(3)16-8)9(2)14-12(15)5-4-6-13/h7,9H,4-6,13H2,1-3H3,(H,14,15). The van der Waals surface area contributed by atoms with E-state index in [-0.39, 0.29) is 11.9 Å². The molecule has 0 aliphatic carbocycles. The second-order valence-electron chi connectivity index (χ2n) is 4.05. The van der Waals surface area contributed by atoms with E-state index in [1.54, 1.807) is 11.3 Å². The fourth-order valence-corrected chi connectivity index (χ4v) is 2.76. The fourth-order valence-electron chi connectivity index (χ4n) is 1.73. The molecule has 0 aromatic carbocycles. The van der Waals surface area contributed by atoms with Gasteiger partial charge in [0.1, 0.15) is 0 Å². The molecule has 1 heterocycles. The molecule has 0 bridgehead atoms. The van der Waals surface area contributed by atoms with Crippen LogP contribution in [0.5, 0.6) is 0 Å². The molecule has 1 rings (SSSR count). The molecule has 3 nitrogen and oxygen atoms in total. The van der Waals surface area contributed by atoms with Gasteiger partial charge in [-0.05, 0) is 45.4 Å². The van der Waals surface area contributed by atoms with Gasteiger partial charge in [-0.2, -0.15) is 0 Å². The lowest BCUT2D eigenvalue weighted by molar-refractivity contribution is -0.121. The summed E-state index contributed by atoms with van der Waals surface area (Å²) in [6, 6.07) is 2.24. The van der Waals surface area contributed by atoms with E-state index in [9.17, 15) is 4.79 Å². The number of nitrogens with two attached hydrogens (primary N) is 1. The van der Waals surface area contributed by atoms with E-state index in [4.69, 9.17) is 5.73 Å². The number of hydrogen-bond acceptors (Lipinski definition) is 3. The Kier molecular flexibility index (Phi) is 4.96. The summed E-state index contributed by atoms with van der Waals surface area (Å²) in [5.74, 6) is 0.0844. The third-order valence-electron chi connectivity index (χ3n) is 2.53. The number of thiophene rings is 1. The maximum absolute atomic E-state index is 11.5. The van der Waals surface area contributed by atoms with Crippen LogP contribution in [0.2, 0.25) is 0 Å². The highest BCUT2D eigenvalue weighted by Gasteiger charge is 2.13. The summed E-state index contributed by atoms with van der Waals surface area (Å²) in [5.41, 5.74) is 6.59. The number of amides is 1. The summed E-state index contributed by atoms with van der Waals surface area (Å²) in [5, 5.41) is 3.00. The van der Waals surface area contributed by atoms with Crippen molar-refractivity contribution in [2.75, 3.05) is 6.54 Å². The first kappa shape index (κ1) is 13.2. The second kappa shape index (κ2) is 6.01. The fraction of sp³-hybridized carbons (Fsp3) is 0.583. The summed E-state index contributed by atoms with van der Waals surface area (Å²) in [4.78, 5) is 14.1. The van der Waals surface area contributed by atoms with E-state index in [1.807, 2.05) is 6.92 Å². The van der Waals surface area contributed by atoms with Crippen LogP contribution in [-0.2, 0) is 4.79 Å². The largest absolute Gasteiger partial charge is 0.350 e. The molecule has 0 saturated carbocycles. The van der Waals surface area contributed by atoms with Crippen molar-refractivity contribution in [3.05, 3.63) is 21.4 Å². The van der Waals surface area contributed by atoms with Crippen molar-refractivity contribution in [3.8, 4) is 0 Å². The predicted molar refractivity (Wildman–Crippen MR) is 68.6 cm³/mol. The summed E-state index contributed by atoms with van der Waals surface area (Å²) < 4.78 is 0. The predicted octanol–water partition coefficient (Wildman–Crippen LogP) is 2.28. The first-order valence-corrected chi connectivity index (χ1v) is 6.42. The van der Waals surface area contributed by atoms with Crippen LogP contribution in [0.1, 0.15) is 41.1 Å². The van der Waals surface area contributed by atoms with Crippen LogP contribution < -0.4 is 11.1 Å². The minimum Gasteiger partial charge on any atom is -0.350 e. The van der Waals surface area contributed by atoms with Crippen molar-refractivity contribution in [3.63, 3.8) is 0 Å². The Morgan fingerprint density at radius 2 is 2.25 bits per heavy atom. The Labute approximate surface area is 101 Å². The van der Waals surface area contributed by atoms with Crippen LogP contribution in [0.25, 0.3) is 0 Å². The van der Waals surface area contributed by atoms with E-state index in [1.165, 1.54) is 15.3 Å². The smallest absolute Gasteiger partial charge is 0.220 e. The molecule has 1 aromatic heterocycles. The lowest BCUT2D eigenvalue weighted by Crippen LogP contribution is -2.27. The van der Waals surface area contributed by atoms with Crippen LogP contribution >= 0.6 is 11.3 Å². The Morgan fingerprint density at radius 3 is 2.75 bits per heavy atom. The van der Waals surface area contributed by atoms with Gasteiger partial charge in [0.05, 0.1) is 6.04 Å². The van der Waals surface area contributed by atoms with Crippen molar-refractivity contribution in [1.82, 2.24) is 5.32 Å². The van der Waals surface area contributed by atoms with E-state index in [2.05, 4.69) is 25.2 Å². The van der Waals surface area contributed by atoms with Crippen molar-refractivity contribution < 1.29 is 4.79 Å². The molecule has 16 heavy (non-hydrogen) atoms. The molecule has 0 aliphatic rings. The summed E-state index contributed by atoms with van der Waals surface area (Å²) in [7, 11) is 0. The van der Waals surface area contributed by atoms with Crippen LogP contribution in [-0.4, -0.2) is 12.5 Å². The number of carbonyl (C=O) groups excluding carboxylic acids is 1. The average Bonchev–Trinajstić information content (AvgIpc) is 2.54. The quantitative estimate of drug-likeness (QED) is 0.829. The Balaban J connectivity index is 2.55. The van der Waals surface area contributed by atoms with Gasteiger partial charge in [-0.3, -0.25) is 4.79 Å². The summed E-state index contributed by atoms with van der Waals surface area (Å²) in [6.45, 7) is 6.77. The van der Waals surface area contributed by atoms with Crippen molar-refractivity contribution in [1.29, 1.82) is 0 Å². The van der Waals surface area contributed by atoms with E-state index >= 15 is 0 Å². The average molecular weight is 240 g/mol. The third kappa shape index (κ3) is 3.61. The molecule has 4 heteroatoms. The summed E-state index contributed by atoms with van der Waals surface area (Å²) >= 11 is 1.77. The van der Waals surface area contributed by atoms with Gasteiger partial charge >= 0.3 is 0 Å².